The SMILES string of the molecule is COC(=O)c1c(NC(=O)c2cc3c(=O)n4ccccc4nc3n(Cc3cccnc3)c2=N)sc2c1CCCC2. The third-order valence-electron chi connectivity index (χ3n) is 6.91. The van der Waals surface area contributed by atoms with Crippen LogP contribution in [0.25, 0.3) is 16.7 Å². The first-order valence-electron chi connectivity index (χ1n) is 12.5. The van der Waals surface area contributed by atoms with Gasteiger partial charge in [0.15, 0.2) is 0 Å². The molecule has 0 spiro atoms. The molecule has 0 bridgehead atoms. The number of hydrogen-bond donors (Lipinski definition) is 2. The second kappa shape index (κ2) is 9.91. The van der Waals surface area contributed by atoms with Crippen molar-refractivity contribution in [3.05, 3.63) is 98.0 Å². The maximum absolute atomic E-state index is 13.7. The van der Waals surface area contributed by atoms with Crippen molar-refractivity contribution in [1.82, 2.24) is 18.9 Å². The normalized spacial score (nSPS) is 12.8. The summed E-state index contributed by atoms with van der Waals surface area (Å²) in [6.07, 6.45) is 8.48. The molecule has 5 aromatic heterocycles. The number of rotatable bonds is 5. The van der Waals surface area contributed by atoms with Crippen LogP contribution >= 0.6 is 11.3 Å². The molecule has 5 heterocycles. The lowest BCUT2D eigenvalue weighted by atomic mass is 9.95. The Bertz CT molecular complexity index is 1890. The first-order chi connectivity index (χ1) is 19.0. The quantitative estimate of drug-likeness (QED) is 0.259. The van der Waals surface area contributed by atoms with Crippen molar-refractivity contribution >= 4 is 44.9 Å². The first-order valence-corrected chi connectivity index (χ1v) is 13.3. The van der Waals surface area contributed by atoms with Gasteiger partial charge in [0.05, 0.1) is 30.2 Å². The highest BCUT2D eigenvalue weighted by Gasteiger charge is 2.28. The molecule has 196 valence electrons. The Balaban J connectivity index is 1.52. The van der Waals surface area contributed by atoms with E-state index >= 15 is 0 Å². The molecule has 0 saturated heterocycles. The molecule has 0 atom stereocenters. The van der Waals surface area contributed by atoms with Gasteiger partial charge < -0.3 is 14.6 Å². The summed E-state index contributed by atoms with van der Waals surface area (Å²) >= 11 is 1.36. The lowest BCUT2D eigenvalue weighted by Crippen LogP contribution is -2.32. The summed E-state index contributed by atoms with van der Waals surface area (Å²) < 4.78 is 7.97. The van der Waals surface area contributed by atoms with Crippen LogP contribution in [-0.4, -0.2) is 37.9 Å². The zero-order valence-electron chi connectivity index (χ0n) is 21.1. The lowest BCUT2D eigenvalue weighted by molar-refractivity contribution is 0.0601. The molecule has 39 heavy (non-hydrogen) atoms. The van der Waals surface area contributed by atoms with E-state index in [1.165, 1.54) is 33.5 Å². The Morgan fingerprint density at radius 1 is 1.18 bits per heavy atom. The molecular weight excluding hydrogens is 516 g/mol. The molecule has 2 N–H and O–H groups in total. The van der Waals surface area contributed by atoms with E-state index in [4.69, 9.17) is 10.1 Å². The van der Waals surface area contributed by atoms with Crippen LogP contribution in [0.5, 0.6) is 0 Å². The van der Waals surface area contributed by atoms with Crippen LogP contribution in [0.1, 0.15) is 49.6 Å². The van der Waals surface area contributed by atoms with Crippen LogP contribution < -0.4 is 16.4 Å². The van der Waals surface area contributed by atoms with Crippen molar-refractivity contribution in [2.45, 2.75) is 32.2 Å². The van der Waals surface area contributed by atoms with E-state index in [0.717, 1.165) is 41.7 Å². The highest BCUT2D eigenvalue weighted by atomic mass is 32.1. The molecule has 10 nitrogen and oxygen atoms in total. The van der Waals surface area contributed by atoms with Gasteiger partial charge in [0, 0.05) is 23.5 Å². The molecule has 1 aliphatic rings. The second-order valence-corrected chi connectivity index (χ2v) is 10.4. The third-order valence-corrected chi connectivity index (χ3v) is 8.12. The van der Waals surface area contributed by atoms with Crippen LogP contribution in [0.2, 0.25) is 0 Å². The number of nitrogens with zero attached hydrogens (tertiary/aromatic N) is 4. The van der Waals surface area contributed by atoms with Crippen molar-refractivity contribution in [3.8, 4) is 0 Å². The van der Waals surface area contributed by atoms with Crippen molar-refractivity contribution in [1.29, 1.82) is 5.41 Å². The predicted octanol–water partition coefficient (Wildman–Crippen LogP) is 3.55. The van der Waals surface area contributed by atoms with E-state index in [2.05, 4.69) is 15.3 Å². The monoisotopic (exact) mass is 540 g/mol. The Kier molecular flexibility index (Phi) is 6.27. The molecule has 0 fully saturated rings. The number of carbonyl (C=O) groups excluding carboxylic acids is 2. The van der Waals surface area contributed by atoms with Crippen LogP contribution in [0.15, 0.2) is 59.8 Å². The third kappa shape index (κ3) is 4.30. The molecule has 1 aliphatic carbocycles. The van der Waals surface area contributed by atoms with Crippen molar-refractivity contribution in [2.75, 3.05) is 12.4 Å². The number of anilines is 1. The van der Waals surface area contributed by atoms with Crippen LogP contribution in [0, 0.1) is 5.41 Å². The van der Waals surface area contributed by atoms with Gasteiger partial charge in [0.2, 0.25) is 0 Å². The zero-order valence-corrected chi connectivity index (χ0v) is 21.9. The van der Waals surface area contributed by atoms with E-state index in [-0.39, 0.29) is 28.5 Å². The number of thiophene rings is 1. The molecule has 6 rings (SSSR count). The van der Waals surface area contributed by atoms with Gasteiger partial charge in [-0.2, -0.15) is 0 Å². The number of pyridine rings is 3. The average Bonchev–Trinajstić information content (AvgIpc) is 3.32. The maximum atomic E-state index is 13.7. The van der Waals surface area contributed by atoms with E-state index in [9.17, 15) is 14.4 Å². The number of nitrogens with one attached hydrogen (secondary N) is 2. The van der Waals surface area contributed by atoms with Crippen LogP contribution in [-0.2, 0) is 24.1 Å². The highest BCUT2D eigenvalue weighted by Crippen LogP contribution is 2.38. The number of esters is 1. The fourth-order valence-electron chi connectivity index (χ4n) is 5.03. The van der Waals surface area contributed by atoms with Crippen LogP contribution in [0.3, 0.4) is 0 Å². The molecule has 0 aromatic carbocycles. The van der Waals surface area contributed by atoms with Gasteiger partial charge in [-0.05, 0) is 61.1 Å². The molecule has 0 aliphatic heterocycles. The summed E-state index contributed by atoms with van der Waals surface area (Å²) in [6, 6.07) is 10.3. The highest BCUT2D eigenvalue weighted by molar-refractivity contribution is 7.17. The van der Waals surface area contributed by atoms with Crippen molar-refractivity contribution in [3.63, 3.8) is 0 Å². The first kappa shape index (κ1) is 24.7. The number of ether oxygens (including phenoxy) is 1. The lowest BCUT2D eigenvalue weighted by Gasteiger charge is -2.15. The van der Waals surface area contributed by atoms with Gasteiger partial charge in [0.25, 0.3) is 11.5 Å². The number of amides is 1. The van der Waals surface area contributed by atoms with E-state index in [1.54, 1.807) is 42.9 Å². The molecule has 11 heteroatoms. The fraction of sp³-hybridized carbons (Fsp3) is 0.214. The summed E-state index contributed by atoms with van der Waals surface area (Å²) in [4.78, 5) is 49.8. The summed E-state index contributed by atoms with van der Waals surface area (Å²) in [6.45, 7) is 0.181. The van der Waals surface area contributed by atoms with E-state index in [0.29, 0.717) is 21.9 Å². The van der Waals surface area contributed by atoms with E-state index < -0.39 is 11.9 Å². The summed E-state index contributed by atoms with van der Waals surface area (Å²) in [5, 5.41) is 12.4. The molecule has 0 unspecified atom stereocenters. The van der Waals surface area contributed by atoms with Crippen molar-refractivity contribution < 1.29 is 14.3 Å². The molecule has 1 amide bonds. The van der Waals surface area contributed by atoms with Crippen LogP contribution in [0.4, 0.5) is 5.00 Å². The number of aromatic nitrogens is 4. The Morgan fingerprint density at radius 3 is 2.82 bits per heavy atom. The molecule has 5 aromatic rings. The average molecular weight is 541 g/mol. The van der Waals surface area contributed by atoms with Gasteiger partial charge in [-0.3, -0.25) is 24.4 Å². The van der Waals surface area contributed by atoms with Gasteiger partial charge >= 0.3 is 5.97 Å². The predicted molar refractivity (Wildman–Crippen MR) is 146 cm³/mol. The fourth-order valence-corrected chi connectivity index (χ4v) is 6.30. The largest absolute Gasteiger partial charge is 0.465 e. The zero-order chi connectivity index (χ0) is 27.1. The Morgan fingerprint density at radius 2 is 2.03 bits per heavy atom. The standard InChI is InChI=1S/C28H24N6O4S/c1-38-28(37)22-17-8-2-3-9-20(17)39-26(22)32-25(35)18-13-19-24(31-21-10-4-5-12-33(21)27(19)36)34(23(18)29)15-16-7-6-11-30-14-16/h4-7,10-14,29H,2-3,8-9,15H2,1H3,(H,32,35). The molecule has 0 saturated carbocycles. The molecular formula is C28H24N6O4S. The minimum Gasteiger partial charge on any atom is -0.465 e. The number of hydrogen-bond acceptors (Lipinski definition) is 8. The number of aryl methyl sites for hydroxylation is 1. The van der Waals surface area contributed by atoms with Gasteiger partial charge in [0.1, 0.15) is 21.8 Å². The number of fused-ring (bicyclic) bond motifs is 3. The minimum atomic E-state index is -0.594. The Labute approximate surface area is 226 Å². The number of methoxy groups -OCH3 is 1. The van der Waals surface area contributed by atoms with Gasteiger partial charge in [-0.15, -0.1) is 11.3 Å². The maximum Gasteiger partial charge on any atom is 0.341 e. The van der Waals surface area contributed by atoms with Gasteiger partial charge in [-0.1, -0.05) is 12.1 Å². The molecule has 0 radical (unpaired) electrons. The van der Waals surface area contributed by atoms with Crippen molar-refractivity contribution in [2.24, 2.45) is 0 Å². The van der Waals surface area contributed by atoms with Gasteiger partial charge in [-0.25, -0.2) is 9.78 Å². The van der Waals surface area contributed by atoms with E-state index in [1.807, 2.05) is 6.07 Å². The summed E-state index contributed by atoms with van der Waals surface area (Å²) in [5.41, 5.74) is 2.31. The second-order valence-electron chi connectivity index (χ2n) is 9.30. The Hall–Kier alpha value is -4.64. The summed E-state index contributed by atoms with van der Waals surface area (Å²) in [7, 11) is 1.32. The minimum absolute atomic E-state index is 0.0108. The summed E-state index contributed by atoms with van der Waals surface area (Å²) in [5.74, 6) is -1.10. The number of carbonyl (C=O) groups is 2. The smallest absolute Gasteiger partial charge is 0.341 e. The topological polar surface area (TPSA) is 131 Å².